The summed E-state index contributed by atoms with van der Waals surface area (Å²) < 4.78 is 44.0. The SMILES string of the molecule is [2H]C([2H])(NC(C)C)C([2H])(O)C([2H])([2H])Oc1ccc(N)cc1C(C)=O. The maximum absolute atomic E-state index is 11.6. The van der Waals surface area contributed by atoms with Gasteiger partial charge in [0.05, 0.1) is 9.68 Å². The first-order chi connectivity index (χ1) is 10.7. The molecule has 19 heavy (non-hydrogen) atoms. The van der Waals surface area contributed by atoms with Crippen LogP contribution in [0.15, 0.2) is 18.2 Å². The zero-order valence-electron chi connectivity index (χ0n) is 16.2. The van der Waals surface area contributed by atoms with Crippen LogP contribution < -0.4 is 15.8 Å². The lowest BCUT2D eigenvalue weighted by atomic mass is 10.1. The number of ketones is 1. The van der Waals surface area contributed by atoms with Crippen molar-refractivity contribution in [2.45, 2.75) is 32.9 Å². The molecule has 0 saturated heterocycles. The molecule has 1 unspecified atom stereocenters. The van der Waals surface area contributed by atoms with E-state index in [1.165, 1.54) is 25.1 Å². The number of rotatable bonds is 7. The summed E-state index contributed by atoms with van der Waals surface area (Å²) in [4.78, 5) is 11.6. The van der Waals surface area contributed by atoms with Crippen LogP contribution in [0.4, 0.5) is 5.69 Å². The van der Waals surface area contributed by atoms with Crippen molar-refractivity contribution < 1.29 is 21.5 Å². The number of nitrogens with one attached hydrogen (secondary N) is 1. The van der Waals surface area contributed by atoms with E-state index in [0.29, 0.717) is 0 Å². The van der Waals surface area contributed by atoms with E-state index in [9.17, 15) is 9.90 Å². The van der Waals surface area contributed by atoms with E-state index >= 15 is 0 Å². The van der Waals surface area contributed by atoms with Gasteiger partial charge in [0.1, 0.15) is 18.4 Å². The Morgan fingerprint density at radius 3 is 2.89 bits per heavy atom. The van der Waals surface area contributed by atoms with Crippen molar-refractivity contribution in [1.29, 1.82) is 0 Å². The number of anilines is 1. The highest BCUT2D eigenvalue weighted by molar-refractivity contribution is 5.97. The molecule has 0 saturated carbocycles. The van der Waals surface area contributed by atoms with E-state index < -0.39 is 31.0 Å². The molecule has 5 nitrogen and oxygen atoms in total. The average Bonchev–Trinajstić information content (AvgIpc) is 2.38. The van der Waals surface area contributed by atoms with Crippen molar-refractivity contribution >= 4 is 11.5 Å². The Labute approximate surface area is 120 Å². The number of carbonyl (C=O) groups is 1. The van der Waals surface area contributed by atoms with Crippen LogP contribution in [0.5, 0.6) is 5.75 Å². The molecular formula is C14H22N2O3. The van der Waals surface area contributed by atoms with Gasteiger partial charge in [0, 0.05) is 21.0 Å². The van der Waals surface area contributed by atoms with Gasteiger partial charge in [-0.05, 0) is 25.1 Å². The zero-order chi connectivity index (χ0) is 18.9. The quantitative estimate of drug-likeness (QED) is 0.513. The molecule has 5 heteroatoms. The Morgan fingerprint density at radius 1 is 1.63 bits per heavy atom. The van der Waals surface area contributed by atoms with Crippen LogP contribution in [0, 0.1) is 0 Å². The van der Waals surface area contributed by atoms with Crippen molar-refractivity contribution in [2.75, 3.05) is 18.8 Å². The Bertz CT molecular complexity index is 620. The number of hydrogen-bond donors (Lipinski definition) is 3. The average molecular weight is 271 g/mol. The lowest BCUT2D eigenvalue weighted by Crippen LogP contribution is -2.35. The fraction of sp³-hybridized carbons (Fsp3) is 0.500. The molecule has 0 amide bonds. The van der Waals surface area contributed by atoms with Gasteiger partial charge in [0.15, 0.2) is 5.78 Å². The molecule has 0 aromatic heterocycles. The van der Waals surface area contributed by atoms with Crippen LogP contribution in [0.3, 0.4) is 0 Å². The third kappa shape index (κ3) is 5.28. The fourth-order valence-corrected chi connectivity index (χ4v) is 1.25. The molecule has 0 aliphatic rings. The minimum absolute atomic E-state index is 0.0351. The predicted octanol–water partition coefficient (Wildman–Crippen LogP) is 1.21. The number of benzene rings is 1. The summed E-state index contributed by atoms with van der Waals surface area (Å²) in [5, 5.41) is 12.5. The molecule has 0 fully saturated rings. The van der Waals surface area contributed by atoms with E-state index in [0.717, 1.165) is 0 Å². The van der Waals surface area contributed by atoms with Crippen LogP contribution in [0.1, 0.15) is 38.0 Å². The largest absolute Gasteiger partial charge is 0.490 e. The van der Waals surface area contributed by atoms with Gasteiger partial charge in [-0.15, -0.1) is 0 Å². The maximum Gasteiger partial charge on any atom is 0.163 e. The highest BCUT2D eigenvalue weighted by Crippen LogP contribution is 2.22. The first-order valence-electron chi connectivity index (χ1n) is 8.31. The second-order valence-corrected chi connectivity index (χ2v) is 4.29. The van der Waals surface area contributed by atoms with E-state index in [1.807, 2.05) is 0 Å². The first-order valence-corrected chi connectivity index (χ1v) is 5.81. The van der Waals surface area contributed by atoms with E-state index in [-0.39, 0.29) is 17.0 Å². The van der Waals surface area contributed by atoms with E-state index in [4.69, 9.17) is 17.3 Å². The van der Waals surface area contributed by atoms with Gasteiger partial charge in [-0.25, -0.2) is 0 Å². The Hall–Kier alpha value is -1.59. The fourth-order valence-electron chi connectivity index (χ4n) is 1.25. The summed E-state index contributed by atoms with van der Waals surface area (Å²) in [5.41, 5.74) is 5.80. The van der Waals surface area contributed by atoms with Crippen LogP contribution in [-0.4, -0.2) is 36.1 Å². The topological polar surface area (TPSA) is 84.6 Å². The van der Waals surface area contributed by atoms with Crippen LogP contribution in [-0.2, 0) is 0 Å². The van der Waals surface area contributed by atoms with Gasteiger partial charge >= 0.3 is 0 Å². The summed E-state index contributed by atoms with van der Waals surface area (Å²) in [7, 11) is 0. The zero-order valence-corrected chi connectivity index (χ0v) is 11.2. The molecule has 1 aromatic carbocycles. The Kier molecular flexibility index (Phi) is 3.49. The molecule has 0 aliphatic heterocycles. The summed E-state index contributed by atoms with van der Waals surface area (Å²) in [5.74, 6) is -0.697. The number of carbonyl (C=O) groups excluding carboxylic acids is 1. The monoisotopic (exact) mass is 271 g/mol. The van der Waals surface area contributed by atoms with Gasteiger partial charge in [-0.3, -0.25) is 4.79 Å². The summed E-state index contributed by atoms with van der Waals surface area (Å²) in [6, 6.07) is 3.40. The lowest BCUT2D eigenvalue weighted by molar-refractivity contribution is 0.0968. The second kappa shape index (κ2) is 7.11. The smallest absolute Gasteiger partial charge is 0.163 e. The molecule has 0 spiro atoms. The van der Waals surface area contributed by atoms with Gasteiger partial charge < -0.3 is 20.9 Å². The van der Waals surface area contributed by atoms with Gasteiger partial charge in [-0.1, -0.05) is 13.8 Å². The summed E-state index contributed by atoms with van der Waals surface area (Å²) in [6.07, 6.45) is -3.31. The Balaban J connectivity index is 3.24. The highest BCUT2D eigenvalue weighted by Gasteiger charge is 2.11. The molecule has 1 rings (SSSR count). The number of aliphatic hydroxyl groups is 1. The molecule has 0 aliphatic carbocycles. The molecule has 0 heterocycles. The maximum atomic E-state index is 11.6. The highest BCUT2D eigenvalue weighted by atomic mass is 16.5. The van der Waals surface area contributed by atoms with Gasteiger partial charge in [-0.2, -0.15) is 0 Å². The van der Waals surface area contributed by atoms with Crippen molar-refractivity contribution in [3.8, 4) is 5.75 Å². The minimum Gasteiger partial charge on any atom is -0.490 e. The third-order valence-electron chi connectivity index (χ3n) is 2.12. The molecule has 106 valence electrons. The molecule has 1 aromatic rings. The summed E-state index contributed by atoms with van der Waals surface area (Å²) >= 11 is 0. The van der Waals surface area contributed by atoms with Crippen LogP contribution >= 0.6 is 0 Å². The van der Waals surface area contributed by atoms with Crippen molar-refractivity contribution in [1.82, 2.24) is 5.32 Å². The normalized spacial score (nSPS) is 19.5. The number of nitrogens with two attached hydrogens (primary N) is 1. The molecule has 0 radical (unpaired) electrons. The predicted molar refractivity (Wildman–Crippen MR) is 75.5 cm³/mol. The molecule has 1 atom stereocenters. The van der Waals surface area contributed by atoms with Crippen molar-refractivity contribution in [3.63, 3.8) is 0 Å². The van der Waals surface area contributed by atoms with Crippen LogP contribution in [0.2, 0.25) is 0 Å². The summed E-state index contributed by atoms with van der Waals surface area (Å²) in [6.45, 7) is -1.60. The van der Waals surface area contributed by atoms with Crippen LogP contribution in [0.25, 0.3) is 0 Å². The number of Topliss-reactive ketones (excluding diaryl/α,β-unsaturated/α-hetero) is 1. The number of nitrogen functional groups attached to an aromatic ring is 1. The van der Waals surface area contributed by atoms with Gasteiger partial charge in [0.2, 0.25) is 0 Å². The van der Waals surface area contributed by atoms with E-state index in [1.54, 1.807) is 13.8 Å². The Morgan fingerprint density at radius 2 is 2.32 bits per heavy atom. The molecular weight excluding hydrogens is 244 g/mol. The van der Waals surface area contributed by atoms with E-state index in [2.05, 4.69) is 5.32 Å². The molecule has 4 N–H and O–H groups in total. The standard InChI is InChI=1S/C14H22N2O3/c1-9(2)16-7-12(18)8-19-14-5-4-11(15)6-13(14)10(3)17/h4-6,9,12,16,18H,7-8,15H2,1-3H3/i7D2,8D2,12D. The third-order valence-corrected chi connectivity index (χ3v) is 2.12. The molecule has 0 bridgehead atoms. The van der Waals surface area contributed by atoms with Crippen molar-refractivity contribution in [2.24, 2.45) is 0 Å². The first kappa shape index (κ1) is 9.34. The number of ether oxygens (including phenoxy) is 1. The number of hydrogen-bond acceptors (Lipinski definition) is 5. The lowest BCUT2D eigenvalue weighted by Gasteiger charge is -2.16. The second-order valence-electron chi connectivity index (χ2n) is 4.29. The minimum atomic E-state index is -3.31. The van der Waals surface area contributed by atoms with Gasteiger partial charge in [0.25, 0.3) is 0 Å². The van der Waals surface area contributed by atoms with Crippen molar-refractivity contribution in [3.05, 3.63) is 23.8 Å².